The molecule has 0 saturated carbocycles. The van der Waals surface area contributed by atoms with Gasteiger partial charge in [0.15, 0.2) is 11.6 Å². The van der Waals surface area contributed by atoms with Crippen LogP contribution in [0.15, 0.2) is 48.7 Å². The van der Waals surface area contributed by atoms with Crippen LogP contribution in [-0.2, 0) is 11.0 Å². The van der Waals surface area contributed by atoms with Gasteiger partial charge in [-0.3, -0.25) is 9.59 Å². The normalized spacial score (nSPS) is 16.3. The van der Waals surface area contributed by atoms with Crippen molar-refractivity contribution in [2.75, 3.05) is 0 Å². The summed E-state index contributed by atoms with van der Waals surface area (Å²) in [6.45, 7) is 0. The minimum absolute atomic E-state index is 0.107. The lowest BCUT2D eigenvalue weighted by molar-refractivity contribution is -0.137. The topological polar surface area (TPSA) is 67.4 Å². The fourth-order valence-corrected chi connectivity index (χ4v) is 2.58. The molecular formula is C19H13F5N2O3. The van der Waals surface area contributed by atoms with E-state index in [9.17, 15) is 31.5 Å². The van der Waals surface area contributed by atoms with Gasteiger partial charge in [0.05, 0.1) is 23.6 Å². The highest BCUT2D eigenvalue weighted by Crippen LogP contribution is 2.35. The Balaban J connectivity index is 1.95. The Kier molecular flexibility index (Phi) is 5.53. The van der Waals surface area contributed by atoms with Gasteiger partial charge in [0.1, 0.15) is 11.6 Å². The smallest absolute Gasteiger partial charge is 0.416 e. The second kappa shape index (κ2) is 7.90. The number of hydrogen-bond donors (Lipinski definition) is 2. The summed E-state index contributed by atoms with van der Waals surface area (Å²) in [5.41, 5.74) is -1.64. The zero-order valence-corrected chi connectivity index (χ0v) is 14.5. The predicted molar refractivity (Wildman–Crippen MR) is 91.0 cm³/mol. The number of nitrogens with one attached hydrogen (secondary N) is 2. The van der Waals surface area contributed by atoms with E-state index in [0.29, 0.717) is 18.2 Å². The highest BCUT2D eigenvalue weighted by molar-refractivity contribution is 5.98. The molecule has 152 valence electrons. The van der Waals surface area contributed by atoms with Crippen molar-refractivity contribution < 1.29 is 36.3 Å². The van der Waals surface area contributed by atoms with E-state index in [4.69, 9.17) is 4.74 Å². The Labute approximate surface area is 161 Å². The Morgan fingerprint density at radius 1 is 1.10 bits per heavy atom. The van der Waals surface area contributed by atoms with E-state index >= 15 is 0 Å². The molecule has 2 N–H and O–H groups in total. The van der Waals surface area contributed by atoms with Crippen LogP contribution in [0, 0.1) is 11.6 Å². The molecule has 0 spiro atoms. The Hall–Kier alpha value is -3.43. The number of benzene rings is 2. The fourth-order valence-electron chi connectivity index (χ4n) is 2.58. The molecule has 2 amide bonds. The maximum Gasteiger partial charge on any atom is 0.416 e. The largest absolute Gasteiger partial charge is 0.453 e. The lowest BCUT2D eigenvalue weighted by Crippen LogP contribution is -2.40. The van der Waals surface area contributed by atoms with Crippen LogP contribution in [0.4, 0.5) is 22.0 Å². The van der Waals surface area contributed by atoms with Crippen LogP contribution in [0.2, 0.25) is 0 Å². The van der Waals surface area contributed by atoms with E-state index in [2.05, 4.69) is 10.6 Å². The molecule has 1 heterocycles. The first-order valence-corrected chi connectivity index (χ1v) is 8.24. The minimum atomic E-state index is -4.74. The maximum atomic E-state index is 13.9. The molecule has 0 radical (unpaired) electrons. The third-order valence-corrected chi connectivity index (χ3v) is 3.96. The van der Waals surface area contributed by atoms with Crippen LogP contribution in [0.3, 0.4) is 0 Å². The van der Waals surface area contributed by atoms with Crippen molar-refractivity contribution in [3.63, 3.8) is 0 Å². The van der Waals surface area contributed by atoms with Gasteiger partial charge < -0.3 is 15.4 Å². The first-order chi connectivity index (χ1) is 13.6. The molecule has 1 unspecified atom stereocenters. The molecule has 3 rings (SSSR count). The summed E-state index contributed by atoms with van der Waals surface area (Å²) in [7, 11) is 0. The standard InChI is InChI=1S/C19H13F5N2O3/c20-11-2-4-16(14(21)8-11)29-15-3-1-10(19(22,23)24)7-13(15)18(28)26-12-5-6-25-17(27)9-12/h1-8,12H,9H2,(H,25,27)(H,26,28). The number of alkyl halides is 3. The second-order valence-corrected chi connectivity index (χ2v) is 6.10. The molecule has 1 atom stereocenters. The average molecular weight is 412 g/mol. The SMILES string of the molecule is O=C1CC(NC(=O)c2cc(C(F)(F)F)ccc2Oc2ccc(F)cc2F)C=CN1. The summed E-state index contributed by atoms with van der Waals surface area (Å²) in [6.07, 6.45) is -2.09. The van der Waals surface area contributed by atoms with Gasteiger partial charge in [-0.2, -0.15) is 13.2 Å². The molecule has 0 saturated heterocycles. The molecule has 1 aliphatic heterocycles. The first kappa shape index (κ1) is 20.3. The lowest BCUT2D eigenvalue weighted by Gasteiger charge is -2.19. The van der Waals surface area contributed by atoms with E-state index < -0.39 is 46.6 Å². The van der Waals surface area contributed by atoms with Gasteiger partial charge in [-0.15, -0.1) is 0 Å². The zero-order chi connectivity index (χ0) is 21.2. The number of halogens is 5. The average Bonchev–Trinajstić information content (AvgIpc) is 2.63. The van der Waals surface area contributed by atoms with E-state index in [0.717, 1.165) is 18.2 Å². The van der Waals surface area contributed by atoms with Crippen molar-refractivity contribution in [1.29, 1.82) is 0 Å². The quantitative estimate of drug-likeness (QED) is 0.749. The molecule has 0 fully saturated rings. The van der Waals surface area contributed by atoms with Crippen LogP contribution in [0.1, 0.15) is 22.3 Å². The van der Waals surface area contributed by atoms with Gasteiger partial charge >= 0.3 is 6.18 Å². The van der Waals surface area contributed by atoms with Crippen molar-refractivity contribution in [3.05, 3.63) is 71.4 Å². The Morgan fingerprint density at radius 2 is 1.83 bits per heavy atom. The van der Waals surface area contributed by atoms with Crippen LogP contribution in [0.5, 0.6) is 11.5 Å². The molecule has 0 aromatic heterocycles. The highest BCUT2D eigenvalue weighted by Gasteiger charge is 2.32. The van der Waals surface area contributed by atoms with Crippen molar-refractivity contribution in [2.45, 2.75) is 18.6 Å². The second-order valence-electron chi connectivity index (χ2n) is 6.10. The highest BCUT2D eigenvalue weighted by atomic mass is 19.4. The summed E-state index contributed by atoms with van der Waals surface area (Å²) in [4.78, 5) is 24.0. The van der Waals surface area contributed by atoms with E-state index in [1.54, 1.807) is 0 Å². The van der Waals surface area contributed by atoms with Crippen molar-refractivity contribution in [2.24, 2.45) is 0 Å². The first-order valence-electron chi connectivity index (χ1n) is 8.24. The number of carbonyl (C=O) groups excluding carboxylic acids is 2. The summed E-state index contributed by atoms with van der Waals surface area (Å²) < 4.78 is 71.3. The monoisotopic (exact) mass is 412 g/mol. The number of ether oxygens (including phenoxy) is 1. The number of carbonyl (C=O) groups is 2. The summed E-state index contributed by atoms with van der Waals surface area (Å²) in [5.74, 6) is -4.15. The van der Waals surface area contributed by atoms with E-state index in [1.165, 1.54) is 12.3 Å². The molecule has 0 aliphatic carbocycles. The molecule has 5 nitrogen and oxygen atoms in total. The molecular weight excluding hydrogens is 399 g/mol. The number of rotatable bonds is 4. The molecule has 1 aliphatic rings. The van der Waals surface area contributed by atoms with Gasteiger partial charge in [0.25, 0.3) is 5.91 Å². The molecule has 0 bridgehead atoms. The van der Waals surface area contributed by atoms with Gasteiger partial charge in [0.2, 0.25) is 5.91 Å². The zero-order valence-electron chi connectivity index (χ0n) is 14.5. The van der Waals surface area contributed by atoms with Crippen molar-refractivity contribution in [1.82, 2.24) is 10.6 Å². The van der Waals surface area contributed by atoms with Crippen molar-refractivity contribution >= 4 is 11.8 Å². The number of hydrogen-bond acceptors (Lipinski definition) is 3. The van der Waals surface area contributed by atoms with Crippen LogP contribution >= 0.6 is 0 Å². The van der Waals surface area contributed by atoms with Gasteiger partial charge in [-0.1, -0.05) is 0 Å². The van der Waals surface area contributed by atoms with Crippen LogP contribution < -0.4 is 15.4 Å². The molecule has 29 heavy (non-hydrogen) atoms. The number of amides is 2. The van der Waals surface area contributed by atoms with Crippen molar-refractivity contribution in [3.8, 4) is 11.5 Å². The predicted octanol–water partition coefficient (Wildman–Crippen LogP) is 3.91. The van der Waals surface area contributed by atoms with E-state index in [-0.39, 0.29) is 18.1 Å². The lowest BCUT2D eigenvalue weighted by atomic mass is 10.1. The van der Waals surface area contributed by atoms with Crippen LogP contribution in [-0.4, -0.2) is 17.9 Å². The van der Waals surface area contributed by atoms with Gasteiger partial charge in [-0.05, 0) is 36.4 Å². The Morgan fingerprint density at radius 3 is 2.48 bits per heavy atom. The Bertz CT molecular complexity index is 988. The maximum absolute atomic E-state index is 13.9. The van der Waals surface area contributed by atoms with E-state index in [1.807, 2.05) is 0 Å². The van der Waals surface area contributed by atoms with Crippen LogP contribution in [0.25, 0.3) is 0 Å². The minimum Gasteiger partial charge on any atom is -0.453 e. The summed E-state index contributed by atoms with van der Waals surface area (Å²) >= 11 is 0. The van der Waals surface area contributed by atoms with Gasteiger partial charge in [0, 0.05) is 12.3 Å². The molecule has 10 heteroatoms. The molecule has 2 aromatic rings. The third kappa shape index (κ3) is 4.89. The summed E-state index contributed by atoms with van der Waals surface area (Å²) in [6, 6.07) is 3.71. The fraction of sp³-hybridized carbons (Fsp3) is 0.158. The third-order valence-electron chi connectivity index (χ3n) is 3.96. The van der Waals surface area contributed by atoms with Gasteiger partial charge in [-0.25, -0.2) is 8.78 Å². The summed E-state index contributed by atoms with van der Waals surface area (Å²) in [5, 5.41) is 4.80. The molecule has 2 aromatic carbocycles.